The van der Waals surface area contributed by atoms with Crippen molar-refractivity contribution in [3.8, 4) is 22.5 Å². The van der Waals surface area contributed by atoms with Crippen LogP contribution in [0, 0.1) is 0 Å². The minimum Gasteiger partial charge on any atom is -0.285 e. The molecule has 26 heavy (non-hydrogen) atoms. The summed E-state index contributed by atoms with van der Waals surface area (Å²) in [6.07, 6.45) is 9.62. The van der Waals surface area contributed by atoms with Gasteiger partial charge in [0.15, 0.2) is 0 Å². The molecule has 0 atom stereocenters. The molecule has 9 nitrogen and oxygen atoms in total. The van der Waals surface area contributed by atoms with Crippen molar-refractivity contribution in [1.29, 1.82) is 0 Å². The molecule has 0 unspecified atom stereocenters. The van der Waals surface area contributed by atoms with Gasteiger partial charge in [-0.2, -0.15) is 10.2 Å². The van der Waals surface area contributed by atoms with Crippen LogP contribution in [0.3, 0.4) is 0 Å². The summed E-state index contributed by atoms with van der Waals surface area (Å²) in [5, 5.41) is 8.66. The zero-order valence-electron chi connectivity index (χ0n) is 14.1. The molecule has 0 spiro atoms. The Labute approximate surface area is 148 Å². The summed E-state index contributed by atoms with van der Waals surface area (Å²) in [7, 11) is 3.51. The number of aromatic nitrogens is 8. The molecule has 0 fully saturated rings. The van der Waals surface area contributed by atoms with E-state index in [1.165, 1.54) is 12.7 Å². The predicted molar refractivity (Wildman–Crippen MR) is 91.9 cm³/mol. The summed E-state index contributed by atoms with van der Waals surface area (Å²) in [5.41, 5.74) is 3.05. The number of ketones is 1. The van der Waals surface area contributed by atoms with Crippen LogP contribution in [-0.4, -0.2) is 45.3 Å². The van der Waals surface area contributed by atoms with Gasteiger partial charge >= 0.3 is 0 Å². The van der Waals surface area contributed by atoms with Crippen molar-refractivity contribution in [3.05, 3.63) is 61.0 Å². The van der Waals surface area contributed by atoms with E-state index in [1.807, 2.05) is 0 Å². The highest BCUT2D eigenvalue weighted by atomic mass is 16.1. The smallest absolute Gasteiger partial charge is 0.234 e. The van der Waals surface area contributed by atoms with Crippen LogP contribution in [0.5, 0.6) is 0 Å². The number of aryl methyl sites for hydroxylation is 2. The third-order valence-electron chi connectivity index (χ3n) is 3.80. The topological polar surface area (TPSA) is 104 Å². The first-order valence-corrected chi connectivity index (χ1v) is 7.78. The van der Waals surface area contributed by atoms with E-state index >= 15 is 0 Å². The highest BCUT2D eigenvalue weighted by Gasteiger charge is 2.25. The van der Waals surface area contributed by atoms with Crippen molar-refractivity contribution in [1.82, 2.24) is 39.5 Å². The van der Waals surface area contributed by atoms with E-state index in [1.54, 1.807) is 60.4 Å². The lowest BCUT2D eigenvalue weighted by molar-refractivity contribution is 0.102. The molecule has 0 radical (unpaired) electrons. The molecule has 0 saturated carbocycles. The Morgan fingerprint density at radius 3 is 1.65 bits per heavy atom. The van der Waals surface area contributed by atoms with Gasteiger partial charge in [-0.25, -0.2) is 19.9 Å². The number of rotatable bonds is 4. The molecular weight excluding hydrogens is 332 g/mol. The summed E-state index contributed by atoms with van der Waals surface area (Å²) in [6.45, 7) is 0. The largest absolute Gasteiger partial charge is 0.285 e. The fourth-order valence-corrected chi connectivity index (χ4v) is 2.70. The van der Waals surface area contributed by atoms with Gasteiger partial charge in [0.1, 0.15) is 24.0 Å². The second kappa shape index (κ2) is 6.28. The van der Waals surface area contributed by atoms with Crippen LogP contribution < -0.4 is 0 Å². The van der Waals surface area contributed by atoms with Gasteiger partial charge in [-0.15, -0.1) is 0 Å². The average molecular weight is 346 g/mol. The van der Waals surface area contributed by atoms with Gasteiger partial charge in [0, 0.05) is 50.0 Å². The van der Waals surface area contributed by atoms with Crippen LogP contribution in [0.2, 0.25) is 0 Å². The maximum absolute atomic E-state index is 13.2. The molecule has 0 bridgehead atoms. The lowest BCUT2D eigenvalue weighted by Gasteiger charge is -2.02. The van der Waals surface area contributed by atoms with E-state index in [9.17, 15) is 4.79 Å². The number of carbonyl (C=O) groups excluding carboxylic acids is 1. The Hall–Kier alpha value is -3.75. The molecule has 0 N–H and O–H groups in total. The Morgan fingerprint density at radius 2 is 1.27 bits per heavy atom. The monoisotopic (exact) mass is 346 g/mol. The highest BCUT2D eigenvalue weighted by molar-refractivity contribution is 6.13. The molecule has 0 aliphatic rings. The van der Waals surface area contributed by atoms with Crippen LogP contribution in [-0.2, 0) is 14.1 Å². The summed E-state index contributed by atoms with van der Waals surface area (Å²) in [6, 6.07) is 3.47. The first-order chi connectivity index (χ1) is 12.6. The van der Waals surface area contributed by atoms with Crippen LogP contribution in [0.4, 0.5) is 0 Å². The molecule has 0 aliphatic carbocycles. The normalized spacial score (nSPS) is 10.8. The van der Waals surface area contributed by atoms with Crippen LogP contribution >= 0.6 is 0 Å². The van der Waals surface area contributed by atoms with E-state index in [0.29, 0.717) is 22.5 Å². The van der Waals surface area contributed by atoms with Crippen molar-refractivity contribution in [2.45, 2.75) is 0 Å². The molecule has 4 aromatic heterocycles. The van der Waals surface area contributed by atoms with E-state index in [-0.39, 0.29) is 17.2 Å². The molecule has 0 aliphatic heterocycles. The van der Waals surface area contributed by atoms with E-state index in [0.717, 1.165) is 0 Å². The van der Waals surface area contributed by atoms with Crippen LogP contribution in [0.15, 0.2) is 49.6 Å². The molecule has 4 aromatic rings. The number of carbonyl (C=O) groups is 1. The maximum atomic E-state index is 13.2. The molecule has 9 heteroatoms. The lowest BCUT2D eigenvalue weighted by atomic mass is 10.0. The Morgan fingerprint density at radius 1 is 0.808 bits per heavy atom. The van der Waals surface area contributed by atoms with Crippen molar-refractivity contribution >= 4 is 5.78 Å². The van der Waals surface area contributed by atoms with Crippen LogP contribution in [0.1, 0.15) is 16.2 Å². The third kappa shape index (κ3) is 2.75. The second-order valence-electron chi connectivity index (χ2n) is 5.65. The minimum absolute atomic E-state index is 0.278. The molecule has 0 amide bonds. The Kier molecular flexibility index (Phi) is 3.81. The zero-order valence-corrected chi connectivity index (χ0v) is 14.1. The Bertz CT molecular complexity index is 983. The quantitative estimate of drug-likeness (QED) is 0.513. The summed E-state index contributed by atoms with van der Waals surface area (Å²) >= 11 is 0. The average Bonchev–Trinajstić information content (AvgIpc) is 3.25. The molecule has 0 saturated heterocycles. The molecule has 4 heterocycles. The first kappa shape index (κ1) is 15.8. The fourth-order valence-electron chi connectivity index (χ4n) is 2.70. The van der Waals surface area contributed by atoms with Gasteiger partial charge in [-0.3, -0.25) is 14.2 Å². The summed E-state index contributed by atoms with van der Waals surface area (Å²) in [5.74, 6) is -0.298. The fraction of sp³-hybridized carbons (Fsp3) is 0.118. The SMILES string of the molecule is Cn1cc(-c2ccncn2)c(C(=O)c2nn(C)cc2-c2ccncn2)n1. The standard InChI is InChI=1S/C17H14N8O/c1-24-7-11(13-3-5-18-9-20-13)15(22-24)17(26)16-12(8-25(2)23-16)14-4-6-19-10-21-14/h3-10H,1-2H3. The molecule has 4 rings (SSSR count). The highest BCUT2D eigenvalue weighted by Crippen LogP contribution is 2.26. The third-order valence-corrected chi connectivity index (χ3v) is 3.80. The zero-order chi connectivity index (χ0) is 18.1. The summed E-state index contributed by atoms with van der Waals surface area (Å²) in [4.78, 5) is 29.5. The molecular formula is C17H14N8O. The van der Waals surface area contributed by atoms with Crippen molar-refractivity contribution < 1.29 is 4.79 Å². The van der Waals surface area contributed by atoms with Gasteiger partial charge < -0.3 is 0 Å². The van der Waals surface area contributed by atoms with Crippen molar-refractivity contribution in [2.75, 3.05) is 0 Å². The first-order valence-electron chi connectivity index (χ1n) is 7.78. The van der Waals surface area contributed by atoms with Gasteiger partial charge in [0.05, 0.1) is 11.4 Å². The minimum atomic E-state index is -0.298. The van der Waals surface area contributed by atoms with Crippen LogP contribution in [0.25, 0.3) is 22.5 Å². The van der Waals surface area contributed by atoms with E-state index in [4.69, 9.17) is 0 Å². The summed E-state index contributed by atoms with van der Waals surface area (Å²) < 4.78 is 3.16. The van der Waals surface area contributed by atoms with Gasteiger partial charge in [0.25, 0.3) is 0 Å². The molecule has 0 aromatic carbocycles. The van der Waals surface area contributed by atoms with E-state index in [2.05, 4.69) is 30.1 Å². The van der Waals surface area contributed by atoms with Gasteiger partial charge in [-0.1, -0.05) is 0 Å². The number of hydrogen-bond acceptors (Lipinski definition) is 7. The van der Waals surface area contributed by atoms with Crippen molar-refractivity contribution in [3.63, 3.8) is 0 Å². The Balaban J connectivity index is 1.84. The molecule has 128 valence electrons. The van der Waals surface area contributed by atoms with E-state index < -0.39 is 0 Å². The number of nitrogens with zero attached hydrogens (tertiary/aromatic N) is 8. The predicted octanol–water partition coefficient (Wildman–Crippen LogP) is 1.30. The van der Waals surface area contributed by atoms with Gasteiger partial charge in [0.2, 0.25) is 5.78 Å². The lowest BCUT2D eigenvalue weighted by Crippen LogP contribution is -2.08. The van der Waals surface area contributed by atoms with Gasteiger partial charge in [-0.05, 0) is 12.1 Å². The maximum Gasteiger partial charge on any atom is 0.234 e. The second-order valence-corrected chi connectivity index (χ2v) is 5.65. The van der Waals surface area contributed by atoms with Crippen molar-refractivity contribution in [2.24, 2.45) is 14.1 Å². The number of hydrogen-bond donors (Lipinski definition) is 0.